The number of H-pyrrole nitrogens is 1. The molecule has 2 aromatic rings. The number of hydrogen-bond donors (Lipinski definition) is 3. The van der Waals surface area contributed by atoms with E-state index < -0.39 is 23.5 Å². The second-order valence-corrected chi connectivity index (χ2v) is 3.34. The van der Waals surface area contributed by atoms with E-state index in [1.165, 1.54) is 0 Å². The molecule has 0 spiro atoms. The fourth-order valence-corrected chi connectivity index (χ4v) is 1.48. The summed E-state index contributed by atoms with van der Waals surface area (Å²) in [4.78, 5) is 5.48. The molecule has 8 heteroatoms. The highest BCUT2D eigenvalue weighted by atomic mass is 19.4. The van der Waals surface area contributed by atoms with Crippen molar-refractivity contribution in [2.75, 3.05) is 0 Å². The Morgan fingerprint density at radius 1 is 1.41 bits per heavy atom. The van der Waals surface area contributed by atoms with Gasteiger partial charge in [-0.15, -0.1) is 0 Å². The molecule has 0 fully saturated rings. The standard InChI is InChI=1S/C9H6F4N4/c10-4-2-16-8-3(6(4)7(14)15)1-5(17-8)9(11,12)13/h1-2H,(H3,14,15)(H,16,17). The molecule has 17 heavy (non-hydrogen) atoms. The molecule has 0 amide bonds. The summed E-state index contributed by atoms with van der Waals surface area (Å²) >= 11 is 0. The van der Waals surface area contributed by atoms with Crippen LogP contribution >= 0.6 is 0 Å². The van der Waals surface area contributed by atoms with Gasteiger partial charge in [-0.1, -0.05) is 0 Å². The molecule has 0 unspecified atom stereocenters. The Labute approximate surface area is 92.0 Å². The van der Waals surface area contributed by atoms with E-state index in [1.54, 1.807) is 0 Å². The van der Waals surface area contributed by atoms with E-state index in [1.807, 2.05) is 4.98 Å². The van der Waals surface area contributed by atoms with Gasteiger partial charge in [0.15, 0.2) is 5.82 Å². The highest BCUT2D eigenvalue weighted by Gasteiger charge is 2.33. The minimum Gasteiger partial charge on any atom is -0.384 e. The first-order valence-corrected chi connectivity index (χ1v) is 4.39. The van der Waals surface area contributed by atoms with Crippen LogP contribution in [-0.2, 0) is 6.18 Å². The Morgan fingerprint density at radius 2 is 2.06 bits per heavy atom. The van der Waals surface area contributed by atoms with Gasteiger partial charge in [0.25, 0.3) is 0 Å². The molecule has 0 saturated carbocycles. The zero-order valence-corrected chi connectivity index (χ0v) is 8.19. The lowest BCUT2D eigenvalue weighted by Gasteiger charge is -2.01. The molecule has 0 saturated heterocycles. The number of hydrogen-bond acceptors (Lipinski definition) is 2. The monoisotopic (exact) mass is 246 g/mol. The molecular formula is C9H6F4N4. The number of fused-ring (bicyclic) bond motifs is 1. The van der Waals surface area contributed by atoms with Gasteiger partial charge in [0, 0.05) is 5.39 Å². The third-order valence-corrected chi connectivity index (χ3v) is 2.19. The molecule has 4 nitrogen and oxygen atoms in total. The van der Waals surface area contributed by atoms with Crippen molar-refractivity contribution in [1.29, 1.82) is 5.41 Å². The van der Waals surface area contributed by atoms with Gasteiger partial charge in [-0.2, -0.15) is 13.2 Å². The van der Waals surface area contributed by atoms with Crippen LogP contribution in [0.3, 0.4) is 0 Å². The van der Waals surface area contributed by atoms with Gasteiger partial charge >= 0.3 is 6.18 Å². The van der Waals surface area contributed by atoms with Crippen LogP contribution < -0.4 is 5.73 Å². The fourth-order valence-electron chi connectivity index (χ4n) is 1.48. The van der Waals surface area contributed by atoms with Gasteiger partial charge in [-0.05, 0) is 6.07 Å². The molecule has 0 aliphatic rings. The summed E-state index contributed by atoms with van der Waals surface area (Å²) in [7, 11) is 0. The number of nitrogens with two attached hydrogens (primary N) is 1. The molecule has 2 aromatic heterocycles. The van der Waals surface area contributed by atoms with Gasteiger partial charge in [-0.3, -0.25) is 5.41 Å². The van der Waals surface area contributed by atoms with Crippen LogP contribution in [0.25, 0.3) is 11.0 Å². The van der Waals surface area contributed by atoms with Crippen LogP contribution in [0.5, 0.6) is 0 Å². The molecular weight excluding hydrogens is 240 g/mol. The van der Waals surface area contributed by atoms with Crippen molar-refractivity contribution in [2.24, 2.45) is 5.73 Å². The number of nitrogen functional groups attached to an aromatic ring is 1. The predicted molar refractivity (Wildman–Crippen MR) is 52.1 cm³/mol. The third-order valence-electron chi connectivity index (χ3n) is 2.19. The van der Waals surface area contributed by atoms with Gasteiger partial charge in [-0.25, -0.2) is 9.37 Å². The lowest BCUT2D eigenvalue weighted by atomic mass is 10.1. The van der Waals surface area contributed by atoms with Crippen molar-refractivity contribution < 1.29 is 17.6 Å². The second kappa shape index (κ2) is 3.44. The Balaban J connectivity index is 2.78. The summed E-state index contributed by atoms with van der Waals surface area (Å²) in [6, 6.07) is 0.683. The largest absolute Gasteiger partial charge is 0.431 e. The van der Waals surface area contributed by atoms with Crippen LogP contribution in [-0.4, -0.2) is 15.8 Å². The first-order valence-electron chi connectivity index (χ1n) is 4.39. The van der Waals surface area contributed by atoms with Crippen molar-refractivity contribution in [1.82, 2.24) is 9.97 Å². The summed E-state index contributed by atoms with van der Waals surface area (Å²) in [5.41, 5.74) is 3.51. The maximum Gasteiger partial charge on any atom is 0.431 e. The molecule has 2 rings (SSSR count). The minimum absolute atomic E-state index is 0.162. The highest BCUT2D eigenvalue weighted by Crippen LogP contribution is 2.31. The first-order chi connectivity index (χ1) is 7.80. The van der Waals surface area contributed by atoms with Gasteiger partial charge in [0.1, 0.15) is 17.2 Å². The number of halogens is 4. The number of pyridine rings is 1. The quantitative estimate of drug-likeness (QED) is 0.409. The lowest BCUT2D eigenvalue weighted by Crippen LogP contribution is -2.13. The number of alkyl halides is 3. The van der Waals surface area contributed by atoms with E-state index in [9.17, 15) is 17.6 Å². The molecule has 0 bridgehead atoms. The Bertz CT molecular complexity index is 599. The minimum atomic E-state index is -4.59. The van der Waals surface area contributed by atoms with E-state index in [0.717, 1.165) is 6.20 Å². The summed E-state index contributed by atoms with van der Waals surface area (Å²) in [5, 5.41) is 6.98. The molecule has 0 aliphatic carbocycles. The number of rotatable bonds is 1. The first kappa shape index (κ1) is 11.4. The number of amidine groups is 1. The topological polar surface area (TPSA) is 78.6 Å². The summed E-state index contributed by atoms with van der Waals surface area (Å²) < 4.78 is 50.6. The number of aromatic amines is 1. The SMILES string of the molecule is N=C(N)c1c(F)cnc2[nH]c(C(F)(F)F)cc12. The van der Waals surface area contributed by atoms with Crippen molar-refractivity contribution in [3.63, 3.8) is 0 Å². The number of nitrogens with zero attached hydrogens (tertiary/aromatic N) is 1. The summed E-state index contributed by atoms with van der Waals surface area (Å²) in [6.45, 7) is 0. The third kappa shape index (κ3) is 1.81. The molecule has 0 aliphatic heterocycles. The highest BCUT2D eigenvalue weighted by molar-refractivity contribution is 6.06. The summed E-state index contributed by atoms with van der Waals surface area (Å²) in [5.74, 6) is -1.58. The number of nitrogens with one attached hydrogen (secondary N) is 2. The second-order valence-electron chi connectivity index (χ2n) is 3.34. The zero-order valence-electron chi connectivity index (χ0n) is 8.19. The Hall–Kier alpha value is -2.12. The van der Waals surface area contributed by atoms with Crippen LogP contribution in [0.15, 0.2) is 12.3 Å². The maximum absolute atomic E-state index is 13.3. The smallest absolute Gasteiger partial charge is 0.384 e. The molecule has 0 aromatic carbocycles. The van der Waals surface area contributed by atoms with Crippen molar-refractivity contribution in [3.05, 3.63) is 29.3 Å². The number of aromatic nitrogens is 2. The molecule has 4 N–H and O–H groups in total. The van der Waals surface area contributed by atoms with Gasteiger partial charge in [0.05, 0.1) is 11.8 Å². The molecule has 2 heterocycles. The van der Waals surface area contributed by atoms with Crippen molar-refractivity contribution >= 4 is 16.9 Å². The zero-order chi connectivity index (χ0) is 12.8. The van der Waals surface area contributed by atoms with Crippen molar-refractivity contribution in [3.8, 4) is 0 Å². The molecule has 0 atom stereocenters. The van der Waals surface area contributed by atoms with Gasteiger partial charge in [0.2, 0.25) is 0 Å². The predicted octanol–water partition coefficient (Wildman–Crippen LogP) is 2.00. The van der Waals surface area contributed by atoms with E-state index in [-0.39, 0.29) is 16.6 Å². The molecule has 90 valence electrons. The summed E-state index contributed by atoms with van der Waals surface area (Å²) in [6.07, 6.45) is -3.87. The average Bonchev–Trinajstić information content (AvgIpc) is 2.59. The fraction of sp³-hybridized carbons (Fsp3) is 0.111. The van der Waals surface area contributed by atoms with E-state index in [0.29, 0.717) is 6.07 Å². The van der Waals surface area contributed by atoms with E-state index in [2.05, 4.69) is 4.98 Å². The van der Waals surface area contributed by atoms with Crippen LogP contribution in [0, 0.1) is 11.2 Å². The Morgan fingerprint density at radius 3 is 2.59 bits per heavy atom. The van der Waals surface area contributed by atoms with E-state index in [4.69, 9.17) is 11.1 Å². The Kier molecular flexibility index (Phi) is 2.30. The van der Waals surface area contributed by atoms with Crippen molar-refractivity contribution in [2.45, 2.75) is 6.18 Å². The van der Waals surface area contributed by atoms with Gasteiger partial charge < -0.3 is 10.7 Å². The van der Waals surface area contributed by atoms with Crippen LogP contribution in [0.1, 0.15) is 11.3 Å². The average molecular weight is 246 g/mol. The van der Waals surface area contributed by atoms with E-state index >= 15 is 0 Å². The lowest BCUT2D eigenvalue weighted by molar-refractivity contribution is -0.140. The maximum atomic E-state index is 13.3. The molecule has 0 radical (unpaired) electrons. The van der Waals surface area contributed by atoms with Crippen LogP contribution in [0.4, 0.5) is 17.6 Å². The normalized spacial score (nSPS) is 12.0. The van der Waals surface area contributed by atoms with Crippen LogP contribution in [0.2, 0.25) is 0 Å².